The molecule has 2 heterocycles. The predicted molar refractivity (Wildman–Crippen MR) is 86.0 cm³/mol. The van der Waals surface area contributed by atoms with E-state index in [1.54, 1.807) is 32.9 Å². The Morgan fingerprint density at radius 2 is 2.04 bits per heavy atom. The van der Waals surface area contributed by atoms with E-state index in [4.69, 9.17) is 4.42 Å². The first-order valence-corrected chi connectivity index (χ1v) is 7.73. The quantitative estimate of drug-likeness (QED) is 0.868. The van der Waals surface area contributed by atoms with Gasteiger partial charge in [0.15, 0.2) is 11.5 Å². The lowest BCUT2D eigenvalue weighted by molar-refractivity contribution is -0.129. The molecule has 126 valence electrons. The van der Waals surface area contributed by atoms with E-state index >= 15 is 0 Å². The zero-order chi connectivity index (χ0) is 17.3. The highest BCUT2D eigenvalue weighted by molar-refractivity contribution is 6.09. The van der Waals surface area contributed by atoms with Crippen LogP contribution in [-0.4, -0.2) is 53.8 Å². The fourth-order valence-corrected chi connectivity index (χ4v) is 2.65. The highest BCUT2D eigenvalue weighted by Crippen LogP contribution is 2.39. The van der Waals surface area contributed by atoms with Gasteiger partial charge in [-0.1, -0.05) is 13.8 Å². The number of hydrogen-bond acceptors (Lipinski definition) is 5. The average molecular weight is 320 g/mol. The summed E-state index contributed by atoms with van der Waals surface area (Å²) in [5.41, 5.74) is 0.137. The maximum Gasteiger partial charge on any atom is 0.290 e. The van der Waals surface area contributed by atoms with E-state index in [9.17, 15) is 14.7 Å². The molecule has 1 amide bonds. The highest BCUT2D eigenvalue weighted by atomic mass is 16.3. The monoisotopic (exact) mass is 320 g/mol. The SMILES string of the molecule is Cc1ccc(C2C(C(=O)C(C)C)=C(O)C(=O)N2CCN(C)C)o1. The molecule has 1 N–H and O–H groups in total. The summed E-state index contributed by atoms with van der Waals surface area (Å²) in [7, 11) is 3.81. The number of hydrogen-bond donors (Lipinski definition) is 1. The molecule has 2 rings (SSSR count). The van der Waals surface area contributed by atoms with Crippen molar-refractivity contribution in [1.29, 1.82) is 0 Å². The van der Waals surface area contributed by atoms with Gasteiger partial charge in [-0.2, -0.15) is 0 Å². The minimum absolute atomic E-state index is 0.137. The molecule has 0 saturated carbocycles. The first kappa shape index (κ1) is 17.3. The topological polar surface area (TPSA) is 74.0 Å². The molecular formula is C17H24N2O4. The van der Waals surface area contributed by atoms with Gasteiger partial charge in [0.1, 0.15) is 17.6 Å². The number of aryl methyl sites for hydroxylation is 1. The lowest BCUT2D eigenvalue weighted by Crippen LogP contribution is -2.36. The molecule has 0 spiro atoms. The van der Waals surface area contributed by atoms with Crippen LogP contribution in [0, 0.1) is 12.8 Å². The van der Waals surface area contributed by atoms with E-state index in [-0.39, 0.29) is 17.3 Å². The Labute approximate surface area is 136 Å². The molecule has 23 heavy (non-hydrogen) atoms. The van der Waals surface area contributed by atoms with Crippen molar-refractivity contribution >= 4 is 11.7 Å². The van der Waals surface area contributed by atoms with Gasteiger partial charge in [-0.25, -0.2) is 0 Å². The summed E-state index contributed by atoms with van der Waals surface area (Å²) in [6.45, 7) is 6.32. The van der Waals surface area contributed by atoms with Gasteiger partial charge in [0.25, 0.3) is 5.91 Å². The van der Waals surface area contributed by atoms with Crippen molar-refractivity contribution in [2.45, 2.75) is 26.8 Å². The molecule has 1 unspecified atom stereocenters. The summed E-state index contributed by atoms with van der Waals surface area (Å²) < 4.78 is 5.66. The van der Waals surface area contributed by atoms with Gasteiger partial charge in [-0.15, -0.1) is 0 Å². The van der Waals surface area contributed by atoms with Crippen LogP contribution in [0.15, 0.2) is 27.9 Å². The fraction of sp³-hybridized carbons (Fsp3) is 0.529. The molecule has 1 atom stereocenters. The molecule has 6 heteroatoms. The third kappa shape index (κ3) is 3.32. The van der Waals surface area contributed by atoms with Crippen molar-refractivity contribution in [2.75, 3.05) is 27.2 Å². The van der Waals surface area contributed by atoms with Crippen LogP contribution in [0.3, 0.4) is 0 Å². The molecule has 6 nitrogen and oxygen atoms in total. The number of rotatable bonds is 6. The van der Waals surface area contributed by atoms with E-state index < -0.39 is 17.7 Å². The third-order valence-corrected chi connectivity index (χ3v) is 3.91. The predicted octanol–water partition coefficient (Wildman–Crippen LogP) is 2.07. The Kier molecular flexibility index (Phi) is 4.94. The Hall–Kier alpha value is -2.08. The molecule has 1 aromatic rings. The Morgan fingerprint density at radius 3 is 2.52 bits per heavy atom. The molecule has 0 aromatic carbocycles. The molecule has 0 bridgehead atoms. The largest absolute Gasteiger partial charge is 0.503 e. The Bertz CT molecular complexity index is 643. The number of carbonyl (C=O) groups is 2. The number of amides is 1. The average Bonchev–Trinajstić information content (AvgIpc) is 2.99. The minimum Gasteiger partial charge on any atom is -0.503 e. The van der Waals surface area contributed by atoms with Crippen molar-refractivity contribution in [3.63, 3.8) is 0 Å². The van der Waals surface area contributed by atoms with Crippen molar-refractivity contribution in [3.05, 3.63) is 35.0 Å². The Morgan fingerprint density at radius 1 is 1.39 bits per heavy atom. The van der Waals surface area contributed by atoms with Gasteiger partial charge >= 0.3 is 0 Å². The van der Waals surface area contributed by atoms with Crippen molar-refractivity contribution in [3.8, 4) is 0 Å². The van der Waals surface area contributed by atoms with Crippen LogP contribution in [0.5, 0.6) is 0 Å². The highest BCUT2D eigenvalue weighted by Gasteiger charge is 2.45. The van der Waals surface area contributed by atoms with Gasteiger partial charge in [0.05, 0.1) is 5.57 Å². The van der Waals surface area contributed by atoms with Crippen LogP contribution in [-0.2, 0) is 9.59 Å². The van der Waals surface area contributed by atoms with E-state index in [0.29, 0.717) is 24.6 Å². The number of aliphatic hydroxyl groups excluding tert-OH is 1. The molecule has 0 aliphatic carbocycles. The first-order valence-electron chi connectivity index (χ1n) is 7.73. The van der Waals surface area contributed by atoms with Crippen LogP contribution >= 0.6 is 0 Å². The number of furan rings is 1. The molecule has 1 aliphatic rings. The molecular weight excluding hydrogens is 296 g/mol. The van der Waals surface area contributed by atoms with E-state index in [1.807, 2.05) is 19.0 Å². The van der Waals surface area contributed by atoms with E-state index in [1.165, 1.54) is 4.90 Å². The number of nitrogens with zero attached hydrogens (tertiary/aromatic N) is 2. The molecule has 0 saturated heterocycles. The summed E-state index contributed by atoms with van der Waals surface area (Å²) in [6.07, 6.45) is 0. The molecule has 1 aromatic heterocycles. The second-order valence-electron chi connectivity index (χ2n) is 6.43. The molecule has 0 radical (unpaired) electrons. The smallest absolute Gasteiger partial charge is 0.290 e. The summed E-state index contributed by atoms with van der Waals surface area (Å²) in [4.78, 5) is 28.4. The van der Waals surface area contributed by atoms with Crippen molar-refractivity contribution < 1.29 is 19.1 Å². The maximum absolute atomic E-state index is 12.5. The fourth-order valence-electron chi connectivity index (χ4n) is 2.65. The molecule has 1 aliphatic heterocycles. The standard InChI is InChI=1S/C17H24N2O4/c1-10(2)15(20)13-14(12-7-6-11(3)23-12)19(9-8-18(4)5)17(22)16(13)21/h6-7,10,14,21H,8-9H2,1-5H3. The maximum atomic E-state index is 12.5. The Balaban J connectivity index is 2.45. The lowest BCUT2D eigenvalue weighted by atomic mass is 9.94. The minimum atomic E-state index is -0.661. The van der Waals surface area contributed by atoms with Crippen LogP contribution in [0.2, 0.25) is 0 Å². The van der Waals surface area contributed by atoms with Crippen LogP contribution in [0.4, 0.5) is 0 Å². The number of likely N-dealkylation sites (N-methyl/N-ethyl adjacent to an activating group) is 1. The second kappa shape index (κ2) is 6.58. The van der Waals surface area contributed by atoms with Gasteiger partial charge in [0.2, 0.25) is 0 Å². The zero-order valence-corrected chi connectivity index (χ0v) is 14.3. The summed E-state index contributed by atoms with van der Waals surface area (Å²) in [5.74, 6) is -0.323. The third-order valence-electron chi connectivity index (χ3n) is 3.91. The summed E-state index contributed by atoms with van der Waals surface area (Å²) >= 11 is 0. The normalized spacial score (nSPS) is 18.7. The number of Topliss-reactive ketones (excluding diaryl/α,β-unsaturated/α-hetero) is 1. The van der Waals surface area contributed by atoms with Gasteiger partial charge in [-0.05, 0) is 33.2 Å². The van der Waals surface area contributed by atoms with Gasteiger partial charge in [-0.3, -0.25) is 9.59 Å². The van der Waals surface area contributed by atoms with Crippen molar-refractivity contribution in [1.82, 2.24) is 9.80 Å². The van der Waals surface area contributed by atoms with E-state index in [2.05, 4.69) is 0 Å². The molecule has 0 fully saturated rings. The number of carbonyl (C=O) groups excluding carboxylic acids is 2. The van der Waals surface area contributed by atoms with Gasteiger partial charge < -0.3 is 19.3 Å². The summed E-state index contributed by atoms with van der Waals surface area (Å²) in [6, 6.07) is 2.88. The van der Waals surface area contributed by atoms with Crippen LogP contribution in [0.25, 0.3) is 0 Å². The van der Waals surface area contributed by atoms with E-state index in [0.717, 1.165) is 0 Å². The lowest BCUT2D eigenvalue weighted by Gasteiger charge is -2.26. The summed E-state index contributed by atoms with van der Waals surface area (Å²) in [5, 5.41) is 10.3. The first-order chi connectivity index (χ1) is 10.7. The number of aliphatic hydroxyl groups is 1. The number of ketones is 1. The van der Waals surface area contributed by atoms with Crippen LogP contribution < -0.4 is 0 Å². The van der Waals surface area contributed by atoms with Crippen molar-refractivity contribution in [2.24, 2.45) is 5.92 Å². The van der Waals surface area contributed by atoms with Gasteiger partial charge in [0, 0.05) is 19.0 Å². The van der Waals surface area contributed by atoms with Crippen LogP contribution in [0.1, 0.15) is 31.4 Å². The zero-order valence-electron chi connectivity index (χ0n) is 14.3. The second-order valence-corrected chi connectivity index (χ2v) is 6.43.